The molecule has 0 aliphatic rings. The van der Waals surface area contributed by atoms with Gasteiger partial charge in [-0.05, 0) is 6.42 Å². The summed E-state index contributed by atoms with van der Waals surface area (Å²) in [5.74, 6) is 0.545. The van der Waals surface area contributed by atoms with Gasteiger partial charge < -0.3 is 0 Å². The Morgan fingerprint density at radius 1 is 1.50 bits per heavy atom. The molecule has 16 heavy (non-hydrogen) atoms. The second kappa shape index (κ2) is 5.80. The average Bonchev–Trinajstić information content (AvgIpc) is 2.60. The fraction of sp³-hybridized carbons (Fsp3) is 0.750. The summed E-state index contributed by atoms with van der Waals surface area (Å²) < 4.78 is 36.8. The van der Waals surface area contributed by atoms with Crippen LogP contribution in [0.1, 0.15) is 19.2 Å². The Labute approximate surface area is 90.6 Å². The predicted molar refractivity (Wildman–Crippen MR) is 49.2 cm³/mol. The minimum Gasteiger partial charge on any atom is -0.292 e. The van der Waals surface area contributed by atoms with Crippen molar-refractivity contribution in [2.24, 2.45) is 0 Å². The Hall–Kier alpha value is -1.15. The van der Waals surface area contributed by atoms with Crippen LogP contribution in [0.3, 0.4) is 0 Å². The zero-order valence-corrected chi connectivity index (χ0v) is 8.79. The maximum Gasteiger partial charge on any atom is 0.413 e. The summed E-state index contributed by atoms with van der Waals surface area (Å²) in [6.07, 6.45) is -2.10. The van der Waals surface area contributed by atoms with Crippen LogP contribution in [0.5, 0.6) is 0 Å². The van der Waals surface area contributed by atoms with Crippen molar-refractivity contribution >= 4 is 0 Å². The summed E-state index contributed by atoms with van der Waals surface area (Å²) in [4.78, 5) is 8.15. The summed E-state index contributed by atoms with van der Waals surface area (Å²) in [6.45, 7) is 1.42. The van der Waals surface area contributed by atoms with Gasteiger partial charge in [0, 0.05) is 6.54 Å². The van der Waals surface area contributed by atoms with Crippen LogP contribution in [0.2, 0.25) is 0 Å². The standard InChI is InChI=1S/C8H13F3N4O/c1-2-3-15-7(12-6-13-15)4-14-16-5-8(9,10)11/h6,14H,2-5H2,1H3. The second-order valence-electron chi connectivity index (χ2n) is 3.12. The van der Waals surface area contributed by atoms with Gasteiger partial charge in [-0.25, -0.2) is 9.67 Å². The van der Waals surface area contributed by atoms with Gasteiger partial charge in [0.25, 0.3) is 0 Å². The fourth-order valence-electron chi connectivity index (χ4n) is 1.07. The van der Waals surface area contributed by atoms with Gasteiger partial charge in [0.1, 0.15) is 12.2 Å². The summed E-state index contributed by atoms with van der Waals surface area (Å²) in [6, 6.07) is 0. The molecule has 1 aromatic heterocycles. The van der Waals surface area contributed by atoms with Gasteiger partial charge in [0.15, 0.2) is 6.61 Å². The Morgan fingerprint density at radius 2 is 2.25 bits per heavy atom. The van der Waals surface area contributed by atoms with Crippen LogP contribution in [-0.2, 0) is 17.9 Å². The third-order valence-electron chi connectivity index (χ3n) is 1.70. The van der Waals surface area contributed by atoms with Crippen molar-refractivity contribution in [1.29, 1.82) is 0 Å². The SMILES string of the molecule is CCCn1ncnc1CNOCC(F)(F)F. The molecule has 5 nitrogen and oxygen atoms in total. The van der Waals surface area contributed by atoms with Gasteiger partial charge in [-0.3, -0.25) is 4.84 Å². The molecule has 0 aliphatic heterocycles. The number of hydrogen-bond acceptors (Lipinski definition) is 4. The van der Waals surface area contributed by atoms with Gasteiger partial charge in [-0.1, -0.05) is 6.92 Å². The predicted octanol–water partition coefficient (Wildman–Crippen LogP) is 1.27. The Morgan fingerprint density at radius 3 is 2.88 bits per heavy atom. The molecule has 1 N–H and O–H groups in total. The van der Waals surface area contributed by atoms with Crippen molar-refractivity contribution < 1.29 is 18.0 Å². The number of rotatable bonds is 6. The quantitative estimate of drug-likeness (QED) is 0.599. The lowest BCUT2D eigenvalue weighted by atomic mass is 10.5. The van der Waals surface area contributed by atoms with E-state index < -0.39 is 12.8 Å². The molecule has 0 saturated carbocycles. The van der Waals surface area contributed by atoms with Crippen LogP contribution in [0.15, 0.2) is 6.33 Å². The van der Waals surface area contributed by atoms with E-state index in [0.29, 0.717) is 12.4 Å². The first-order chi connectivity index (χ1) is 7.53. The van der Waals surface area contributed by atoms with Crippen LogP contribution in [0.4, 0.5) is 13.2 Å². The average molecular weight is 238 g/mol. The highest BCUT2D eigenvalue weighted by Crippen LogP contribution is 2.13. The third-order valence-corrected chi connectivity index (χ3v) is 1.70. The first-order valence-electron chi connectivity index (χ1n) is 4.81. The Balaban J connectivity index is 2.29. The molecule has 0 aliphatic carbocycles. The fourth-order valence-corrected chi connectivity index (χ4v) is 1.07. The molecule has 0 radical (unpaired) electrons. The molecule has 1 rings (SSSR count). The first kappa shape index (κ1) is 12.9. The van der Waals surface area contributed by atoms with E-state index in [1.165, 1.54) is 6.33 Å². The first-order valence-corrected chi connectivity index (χ1v) is 4.81. The number of hydroxylamine groups is 1. The monoisotopic (exact) mass is 238 g/mol. The van der Waals surface area contributed by atoms with E-state index in [0.717, 1.165) is 6.42 Å². The largest absolute Gasteiger partial charge is 0.413 e. The van der Waals surface area contributed by atoms with Crippen molar-refractivity contribution in [1.82, 2.24) is 20.2 Å². The molecule has 0 amide bonds. The lowest BCUT2D eigenvalue weighted by Gasteiger charge is -2.08. The maximum absolute atomic E-state index is 11.7. The van der Waals surface area contributed by atoms with Crippen LogP contribution in [0, 0.1) is 0 Å². The van der Waals surface area contributed by atoms with E-state index in [1.54, 1.807) is 4.68 Å². The third kappa shape index (κ3) is 4.58. The zero-order chi connectivity index (χ0) is 12.0. The molecule has 8 heteroatoms. The minimum atomic E-state index is -4.33. The smallest absolute Gasteiger partial charge is 0.292 e. The molecule has 0 aromatic carbocycles. The zero-order valence-electron chi connectivity index (χ0n) is 8.79. The summed E-state index contributed by atoms with van der Waals surface area (Å²) >= 11 is 0. The molecular formula is C8H13F3N4O. The van der Waals surface area contributed by atoms with Crippen molar-refractivity contribution in [3.8, 4) is 0 Å². The van der Waals surface area contributed by atoms with E-state index in [-0.39, 0.29) is 6.54 Å². The van der Waals surface area contributed by atoms with Crippen molar-refractivity contribution in [3.63, 3.8) is 0 Å². The normalized spacial score (nSPS) is 12.0. The van der Waals surface area contributed by atoms with Crippen LogP contribution < -0.4 is 5.48 Å². The van der Waals surface area contributed by atoms with E-state index in [1.807, 2.05) is 6.92 Å². The molecule has 92 valence electrons. The molecule has 0 saturated heterocycles. The minimum absolute atomic E-state index is 0.0933. The van der Waals surface area contributed by atoms with E-state index in [4.69, 9.17) is 0 Å². The van der Waals surface area contributed by atoms with Gasteiger partial charge in [0.05, 0.1) is 6.54 Å². The molecule has 0 fully saturated rings. The Bertz CT molecular complexity index is 312. The molecule has 1 heterocycles. The maximum atomic E-state index is 11.7. The van der Waals surface area contributed by atoms with E-state index in [2.05, 4.69) is 20.4 Å². The van der Waals surface area contributed by atoms with E-state index >= 15 is 0 Å². The van der Waals surface area contributed by atoms with Gasteiger partial charge >= 0.3 is 6.18 Å². The summed E-state index contributed by atoms with van der Waals surface area (Å²) in [5.41, 5.74) is 2.20. The highest BCUT2D eigenvalue weighted by atomic mass is 19.4. The van der Waals surface area contributed by atoms with Crippen molar-refractivity contribution in [3.05, 3.63) is 12.2 Å². The van der Waals surface area contributed by atoms with Gasteiger partial charge in [-0.2, -0.15) is 23.8 Å². The molecule has 1 aromatic rings. The highest BCUT2D eigenvalue weighted by molar-refractivity contribution is 4.82. The van der Waals surface area contributed by atoms with Crippen LogP contribution in [-0.4, -0.2) is 27.5 Å². The van der Waals surface area contributed by atoms with Crippen LogP contribution >= 0.6 is 0 Å². The number of alkyl halides is 3. The number of halogens is 3. The molecule has 0 unspecified atom stereocenters. The Kier molecular flexibility index (Phi) is 4.69. The number of nitrogens with one attached hydrogen (secondary N) is 1. The topological polar surface area (TPSA) is 52.0 Å². The number of aromatic nitrogens is 3. The second-order valence-corrected chi connectivity index (χ2v) is 3.12. The summed E-state index contributed by atoms with van der Waals surface area (Å²) in [5, 5.41) is 3.92. The lowest BCUT2D eigenvalue weighted by Crippen LogP contribution is -2.25. The molecule has 0 bridgehead atoms. The number of nitrogens with zero attached hydrogens (tertiary/aromatic N) is 3. The highest BCUT2D eigenvalue weighted by Gasteiger charge is 2.27. The van der Waals surface area contributed by atoms with Gasteiger partial charge in [0.2, 0.25) is 0 Å². The van der Waals surface area contributed by atoms with Crippen molar-refractivity contribution in [2.75, 3.05) is 6.61 Å². The number of hydrogen-bond donors (Lipinski definition) is 1. The van der Waals surface area contributed by atoms with Crippen molar-refractivity contribution in [2.45, 2.75) is 32.6 Å². The van der Waals surface area contributed by atoms with E-state index in [9.17, 15) is 13.2 Å². The number of aryl methyl sites for hydroxylation is 1. The molecule has 0 spiro atoms. The molecular weight excluding hydrogens is 225 g/mol. The molecule has 0 atom stereocenters. The summed E-state index contributed by atoms with van der Waals surface area (Å²) in [7, 11) is 0. The van der Waals surface area contributed by atoms with Crippen LogP contribution in [0.25, 0.3) is 0 Å². The lowest BCUT2D eigenvalue weighted by molar-refractivity contribution is -0.190. The van der Waals surface area contributed by atoms with Gasteiger partial charge in [-0.15, -0.1) is 0 Å².